The van der Waals surface area contributed by atoms with Gasteiger partial charge in [0.05, 0.1) is 5.69 Å². The average Bonchev–Trinajstić information content (AvgIpc) is 2.89. The number of nitrogens with zero attached hydrogens (tertiary/aromatic N) is 3. The molecule has 0 aliphatic rings. The number of hydrogen-bond acceptors (Lipinski definition) is 6. The number of aryl methyl sites for hydroxylation is 1. The van der Waals surface area contributed by atoms with Crippen LogP contribution in [-0.4, -0.2) is 32.3 Å². The van der Waals surface area contributed by atoms with E-state index in [2.05, 4.69) is 20.3 Å². The number of aromatic nitrogens is 3. The molecule has 128 valence electrons. The van der Waals surface area contributed by atoms with Gasteiger partial charge in [0.15, 0.2) is 10.8 Å². The molecule has 0 bridgehead atoms. The molecule has 3 N–H and O–H groups in total. The van der Waals surface area contributed by atoms with E-state index in [1.807, 2.05) is 13.8 Å². The summed E-state index contributed by atoms with van der Waals surface area (Å²) in [5.74, 6) is -0.254. The van der Waals surface area contributed by atoms with Gasteiger partial charge in [-0.05, 0) is 32.3 Å². The van der Waals surface area contributed by atoms with Crippen LogP contribution < -0.4 is 11.1 Å². The van der Waals surface area contributed by atoms with Crippen LogP contribution >= 0.6 is 11.3 Å². The lowest BCUT2D eigenvalue weighted by atomic mass is 9.90. The first-order chi connectivity index (χ1) is 11.2. The summed E-state index contributed by atoms with van der Waals surface area (Å²) in [5.41, 5.74) is 4.95. The van der Waals surface area contributed by atoms with E-state index in [4.69, 9.17) is 5.73 Å². The minimum Gasteiger partial charge on any atom is -0.368 e. The number of hydrogen-bond donors (Lipinski definition) is 2. The van der Waals surface area contributed by atoms with E-state index in [0.717, 1.165) is 0 Å². The molecule has 0 saturated carbocycles. The quantitative estimate of drug-likeness (QED) is 0.829. The van der Waals surface area contributed by atoms with Gasteiger partial charge in [0, 0.05) is 12.4 Å². The number of nitrogens with one attached hydrogen (secondary N) is 1. The maximum atomic E-state index is 12.6. The Morgan fingerprint density at radius 1 is 1.33 bits per heavy atom. The van der Waals surface area contributed by atoms with Gasteiger partial charge >= 0.3 is 0 Å². The Morgan fingerprint density at radius 2 is 1.96 bits per heavy atom. The van der Waals surface area contributed by atoms with Gasteiger partial charge in [0.1, 0.15) is 10.4 Å². The second-order valence-electron chi connectivity index (χ2n) is 6.25. The number of thiazole rings is 1. The first kappa shape index (κ1) is 18.0. The van der Waals surface area contributed by atoms with Crippen molar-refractivity contribution < 1.29 is 9.59 Å². The smallest absolute Gasteiger partial charge is 0.264 e. The van der Waals surface area contributed by atoms with Crippen molar-refractivity contribution >= 4 is 23.2 Å². The fourth-order valence-corrected chi connectivity index (χ4v) is 3.36. The molecule has 24 heavy (non-hydrogen) atoms. The molecule has 0 aliphatic carbocycles. The lowest BCUT2D eigenvalue weighted by Crippen LogP contribution is -2.56. The van der Waals surface area contributed by atoms with Gasteiger partial charge in [-0.3, -0.25) is 9.59 Å². The lowest BCUT2D eigenvalue weighted by molar-refractivity contribution is -0.124. The van der Waals surface area contributed by atoms with Crippen LogP contribution in [-0.2, 0) is 4.79 Å². The third-order valence-electron chi connectivity index (χ3n) is 3.51. The standard InChI is InChI=1S/C16H21N5O2S/c1-9(2)8-16(4,15(17)23)21-13(22)11-10(3)20-14(24-11)12-18-6-5-7-19-12/h5-7,9H,8H2,1-4H3,(H2,17,23)(H,21,22)/t16-/m0/s1. The molecule has 2 heterocycles. The highest BCUT2D eigenvalue weighted by Crippen LogP contribution is 2.26. The van der Waals surface area contributed by atoms with E-state index in [1.165, 1.54) is 11.3 Å². The van der Waals surface area contributed by atoms with Gasteiger partial charge in [-0.15, -0.1) is 11.3 Å². The molecule has 0 aliphatic heterocycles. The van der Waals surface area contributed by atoms with E-state index >= 15 is 0 Å². The van der Waals surface area contributed by atoms with Crippen LogP contribution in [0.2, 0.25) is 0 Å². The molecule has 7 nitrogen and oxygen atoms in total. The second kappa shape index (κ2) is 7.04. The van der Waals surface area contributed by atoms with E-state index in [1.54, 1.807) is 32.3 Å². The number of amides is 2. The number of rotatable bonds is 6. The predicted octanol–water partition coefficient (Wildman–Crippen LogP) is 1.93. The summed E-state index contributed by atoms with van der Waals surface area (Å²) in [4.78, 5) is 37.5. The summed E-state index contributed by atoms with van der Waals surface area (Å²) >= 11 is 1.19. The Hall–Kier alpha value is -2.35. The molecule has 0 saturated heterocycles. The van der Waals surface area contributed by atoms with Gasteiger partial charge in [0.25, 0.3) is 5.91 Å². The maximum absolute atomic E-state index is 12.6. The molecule has 2 aromatic heterocycles. The van der Waals surface area contributed by atoms with Crippen molar-refractivity contribution in [3.63, 3.8) is 0 Å². The van der Waals surface area contributed by atoms with Crippen LogP contribution in [0, 0.1) is 12.8 Å². The molecule has 0 spiro atoms. The highest BCUT2D eigenvalue weighted by molar-refractivity contribution is 7.17. The highest BCUT2D eigenvalue weighted by atomic mass is 32.1. The van der Waals surface area contributed by atoms with E-state index < -0.39 is 11.4 Å². The predicted molar refractivity (Wildman–Crippen MR) is 92.4 cm³/mol. The number of carbonyl (C=O) groups excluding carboxylic acids is 2. The molecular formula is C16H21N5O2S. The molecule has 8 heteroatoms. The zero-order valence-electron chi connectivity index (χ0n) is 14.2. The van der Waals surface area contributed by atoms with Crippen LogP contribution in [0.15, 0.2) is 18.5 Å². The first-order valence-corrected chi connectivity index (χ1v) is 8.42. The number of carbonyl (C=O) groups is 2. The monoisotopic (exact) mass is 347 g/mol. The number of primary amides is 1. The molecule has 0 unspecified atom stereocenters. The molecule has 2 rings (SSSR count). The summed E-state index contributed by atoms with van der Waals surface area (Å²) in [7, 11) is 0. The largest absolute Gasteiger partial charge is 0.368 e. The van der Waals surface area contributed by atoms with Crippen molar-refractivity contribution in [2.45, 2.75) is 39.7 Å². The van der Waals surface area contributed by atoms with Crippen molar-refractivity contribution in [2.75, 3.05) is 0 Å². The van der Waals surface area contributed by atoms with Crippen molar-refractivity contribution in [1.29, 1.82) is 0 Å². The summed E-state index contributed by atoms with van der Waals surface area (Å²) in [5, 5.41) is 3.32. The Morgan fingerprint density at radius 3 is 2.50 bits per heavy atom. The third-order valence-corrected chi connectivity index (χ3v) is 4.66. The van der Waals surface area contributed by atoms with Gasteiger partial charge in [-0.1, -0.05) is 13.8 Å². The zero-order chi connectivity index (χ0) is 17.9. The van der Waals surface area contributed by atoms with Crippen LogP contribution in [0.1, 0.15) is 42.6 Å². The second-order valence-corrected chi connectivity index (χ2v) is 7.25. The molecular weight excluding hydrogens is 326 g/mol. The average molecular weight is 347 g/mol. The molecule has 2 amide bonds. The lowest BCUT2D eigenvalue weighted by Gasteiger charge is -2.29. The van der Waals surface area contributed by atoms with Gasteiger partial charge in [-0.2, -0.15) is 0 Å². The van der Waals surface area contributed by atoms with E-state index in [9.17, 15) is 9.59 Å². The van der Waals surface area contributed by atoms with Crippen LogP contribution in [0.3, 0.4) is 0 Å². The fourth-order valence-electron chi connectivity index (χ4n) is 2.45. The van der Waals surface area contributed by atoms with E-state index in [-0.39, 0.29) is 11.8 Å². The van der Waals surface area contributed by atoms with Crippen molar-refractivity contribution in [1.82, 2.24) is 20.3 Å². The minimum atomic E-state index is -1.11. The fraction of sp³-hybridized carbons (Fsp3) is 0.438. The van der Waals surface area contributed by atoms with Crippen LogP contribution in [0.5, 0.6) is 0 Å². The topological polar surface area (TPSA) is 111 Å². The summed E-state index contributed by atoms with van der Waals surface area (Å²) in [6.07, 6.45) is 3.69. The normalized spacial score (nSPS) is 13.5. The Labute approximate surface area is 144 Å². The SMILES string of the molecule is Cc1nc(-c2ncccn2)sc1C(=O)N[C@@](C)(CC(C)C)C(N)=O. The van der Waals surface area contributed by atoms with Crippen molar-refractivity contribution in [3.8, 4) is 10.8 Å². The minimum absolute atomic E-state index is 0.207. The third kappa shape index (κ3) is 3.94. The summed E-state index contributed by atoms with van der Waals surface area (Å²) in [6.45, 7) is 7.32. The van der Waals surface area contributed by atoms with Gasteiger partial charge < -0.3 is 11.1 Å². The van der Waals surface area contributed by atoms with E-state index in [0.29, 0.717) is 27.8 Å². The van der Waals surface area contributed by atoms with Crippen molar-refractivity contribution in [2.24, 2.45) is 11.7 Å². The first-order valence-electron chi connectivity index (χ1n) is 7.60. The Balaban J connectivity index is 2.27. The Bertz CT molecular complexity index is 744. The molecule has 0 aromatic carbocycles. The molecule has 0 fully saturated rings. The van der Waals surface area contributed by atoms with Gasteiger partial charge in [-0.25, -0.2) is 15.0 Å². The summed E-state index contributed by atoms with van der Waals surface area (Å²) in [6, 6.07) is 1.71. The molecule has 2 aromatic rings. The van der Waals surface area contributed by atoms with Crippen LogP contribution in [0.4, 0.5) is 0 Å². The summed E-state index contributed by atoms with van der Waals surface area (Å²) < 4.78 is 0. The maximum Gasteiger partial charge on any atom is 0.264 e. The zero-order valence-corrected chi connectivity index (χ0v) is 15.0. The van der Waals surface area contributed by atoms with Crippen LogP contribution in [0.25, 0.3) is 10.8 Å². The van der Waals surface area contributed by atoms with Crippen molar-refractivity contribution in [3.05, 3.63) is 29.0 Å². The molecule has 1 atom stereocenters. The highest BCUT2D eigenvalue weighted by Gasteiger charge is 2.34. The number of nitrogens with two attached hydrogens (primary N) is 1. The molecule has 0 radical (unpaired) electrons. The van der Waals surface area contributed by atoms with Gasteiger partial charge in [0.2, 0.25) is 5.91 Å². The Kier molecular flexibility index (Phi) is 5.28.